The number of aliphatic carboxylic acids is 1. The standard InChI is InChI=1S/C20H20N6O6S3/c1-21-20(31)23-13(11-4-3-7-33-11)16(27)22-14-17(28)26-15(19(29)30)10(9-35-18(14)26)8-34-12-5-2-6-25(32)24-12/h2-7,13-14,18H,8-9H2,1H3,(H,22,27)(H,29,30)(H2,21,23,31)/t13?,14-,18?/m0/s1. The molecule has 2 aliphatic heterocycles. The number of nitrogens with zero attached hydrogens (tertiary/aromatic N) is 3. The number of aromatic nitrogens is 2. The van der Waals surface area contributed by atoms with Gasteiger partial charge >= 0.3 is 12.0 Å². The molecule has 2 unspecified atom stereocenters. The number of carbonyl (C=O) groups excluding carboxylic acids is 3. The Morgan fingerprint density at radius 3 is 2.83 bits per heavy atom. The van der Waals surface area contributed by atoms with Crippen LogP contribution in [0.5, 0.6) is 0 Å². The van der Waals surface area contributed by atoms with Crippen molar-refractivity contribution in [3.05, 3.63) is 57.2 Å². The molecule has 4 amide bonds. The fourth-order valence-corrected chi connectivity index (χ4v) is 6.68. The zero-order valence-corrected chi connectivity index (χ0v) is 20.6. The highest BCUT2D eigenvalue weighted by Crippen LogP contribution is 2.41. The zero-order valence-electron chi connectivity index (χ0n) is 18.2. The molecule has 184 valence electrons. The van der Waals surface area contributed by atoms with Crippen LogP contribution >= 0.6 is 34.9 Å². The van der Waals surface area contributed by atoms with Crippen molar-refractivity contribution < 1.29 is 29.1 Å². The molecule has 1 fully saturated rings. The van der Waals surface area contributed by atoms with Gasteiger partial charge in [0.15, 0.2) is 5.03 Å². The van der Waals surface area contributed by atoms with Crippen LogP contribution < -0.4 is 20.8 Å². The van der Waals surface area contributed by atoms with Crippen LogP contribution in [-0.2, 0) is 14.4 Å². The molecule has 35 heavy (non-hydrogen) atoms. The highest BCUT2D eigenvalue weighted by atomic mass is 32.2. The Morgan fingerprint density at radius 1 is 1.37 bits per heavy atom. The molecule has 0 aromatic carbocycles. The summed E-state index contributed by atoms with van der Waals surface area (Å²) in [4.78, 5) is 52.0. The van der Waals surface area contributed by atoms with Crippen molar-refractivity contribution in [2.45, 2.75) is 22.5 Å². The van der Waals surface area contributed by atoms with E-state index in [1.807, 2.05) is 0 Å². The van der Waals surface area contributed by atoms with Crippen LogP contribution in [0.25, 0.3) is 0 Å². The Bertz CT molecular complexity index is 1190. The van der Waals surface area contributed by atoms with E-state index in [1.165, 1.54) is 59.1 Å². The fourth-order valence-electron chi connectivity index (χ4n) is 3.56. The third kappa shape index (κ3) is 5.21. The van der Waals surface area contributed by atoms with Gasteiger partial charge in [-0.15, -0.1) is 23.1 Å². The van der Waals surface area contributed by atoms with Crippen molar-refractivity contribution in [3.63, 3.8) is 0 Å². The Morgan fingerprint density at radius 2 is 2.17 bits per heavy atom. The molecular weight excluding hydrogens is 516 g/mol. The van der Waals surface area contributed by atoms with E-state index in [4.69, 9.17) is 0 Å². The molecule has 1 saturated heterocycles. The van der Waals surface area contributed by atoms with Gasteiger partial charge in [0.2, 0.25) is 12.1 Å². The number of hydrogen-bond donors (Lipinski definition) is 4. The number of carbonyl (C=O) groups is 4. The summed E-state index contributed by atoms with van der Waals surface area (Å²) in [5.74, 6) is -1.81. The molecule has 0 aliphatic carbocycles. The summed E-state index contributed by atoms with van der Waals surface area (Å²) in [5, 5.41) is 34.2. The zero-order chi connectivity index (χ0) is 25.1. The maximum atomic E-state index is 13.0. The molecule has 0 saturated carbocycles. The van der Waals surface area contributed by atoms with Crippen LogP contribution in [0.1, 0.15) is 10.9 Å². The minimum Gasteiger partial charge on any atom is -0.594 e. The van der Waals surface area contributed by atoms with Gasteiger partial charge in [0.05, 0.1) is 0 Å². The van der Waals surface area contributed by atoms with Gasteiger partial charge in [-0.1, -0.05) is 22.7 Å². The maximum Gasteiger partial charge on any atom is 0.352 e. The number of thiophene rings is 1. The number of carboxylic acid groups (broad SMARTS) is 1. The van der Waals surface area contributed by atoms with E-state index in [0.717, 1.165) is 0 Å². The second kappa shape index (κ2) is 10.5. The molecule has 12 nitrogen and oxygen atoms in total. The summed E-state index contributed by atoms with van der Waals surface area (Å²) in [7, 11) is 1.42. The third-order valence-electron chi connectivity index (χ3n) is 5.18. The highest BCUT2D eigenvalue weighted by molar-refractivity contribution is 8.01. The van der Waals surface area contributed by atoms with Gasteiger partial charge in [-0.05, 0) is 23.1 Å². The first-order valence-electron chi connectivity index (χ1n) is 10.2. The van der Waals surface area contributed by atoms with E-state index < -0.39 is 41.3 Å². The van der Waals surface area contributed by atoms with E-state index in [1.54, 1.807) is 23.6 Å². The van der Waals surface area contributed by atoms with Crippen molar-refractivity contribution in [3.8, 4) is 0 Å². The number of amides is 4. The predicted octanol–water partition coefficient (Wildman–Crippen LogP) is 0.278. The summed E-state index contributed by atoms with van der Waals surface area (Å²) >= 11 is 3.81. The number of hydrogen-bond acceptors (Lipinski definition) is 9. The Balaban J connectivity index is 1.47. The Labute approximate surface area is 211 Å². The molecule has 0 bridgehead atoms. The molecule has 0 spiro atoms. The number of rotatable bonds is 8. The van der Waals surface area contributed by atoms with Gasteiger partial charge < -0.3 is 26.3 Å². The van der Waals surface area contributed by atoms with E-state index in [0.29, 0.717) is 26.1 Å². The first kappa shape index (κ1) is 24.8. The van der Waals surface area contributed by atoms with Gasteiger partial charge in [-0.3, -0.25) is 14.5 Å². The van der Waals surface area contributed by atoms with E-state index in [-0.39, 0.29) is 11.4 Å². The number of carboxylic acids is 1. The maximum absolute atomic E-state index is 13.0. The summed E-state index contributed by atoms with van der Waals surface area (Å²) < 4.78 is 0. The van der Waals surface area contributed by atoms with E-state index in [9.17, 15) is 29.5 Å². The average Bonchev–Trinajstić information content (AvgIpc) is 3.38. The summed E-state index contributed by atoms with van der Waals surface area (Å²) in [5.41, 5.74) is 0.392. The second-order valence-electron chi connectivity index (χ2n) is 7.36. The number of β-lactam (4-membered cyclic amide) rings is 1. The monoisotopic (exact) mass is 536 g/mol. The second-order valence-corrected chi connectivity index (χ2v) is 10.4. The molecule has 2 aromatic heterocycles. The van der Waals surface area contributed by atoms with Crippen LogP contribution in [0.2, 0.25) is 0 Å². The summed E-state index contributed by atoms with van der Waals surface area (Å²) in [6.07, 6.45) is 1.24. The minimum absolute atomic E-state index is 0.124. The SMILES string of the molecule is CNC(=O)NC(C(=O)N[C@H]1C(=O)N2C(C(=O)O)=C(CSc3ccc[n+]([O-])n3)CSC12)c1cccs1. The molecule has 3 atom stereocenters. The molecule has 4 N–H and O–H groups in total. The molecule has 4 rings (SSSR count). The molecular formula is C20H20N6O6S3. The average molecular weight is 537 g/mol. The van der Waals surface area contributed by atoms with Crippen LogP contribution in [0.15, 0.2) is 52.1 Å². The third-order valence-corrected chi connectivity index (χ3v) is 8.47. The molecule has 2 aliphatic rings. The predicted molar refractivity (Wildman–Crippen MR) is 128 cm³/mol. The number of fused-ring (bicyclic) bond motifs is 1. The van der Waals surface area contributed by atoms with Crippen molar-refractivity contribution in [2.24, 2.45) is 0 Å². The van der Waals surface area contributed by atoms with Gasteiger partial charge in [-0.2, -0.15) is 0 Å². The lowest BCUT2D eigenvalue weighted by molar-refractivity contribution is -0.672. The van der Waals surface area contributed by atoms with Crippen LogP contribution in [0.4, 0.5) is 4.79 Å². The first-order valence-corrected chi connectivity index (χ1v) is 13.1. The van der Waals surface area contributed by atoms with Gasteiger partial charge in [0.25, 0.3) is 5.91 Å². The number of nitrogens with one attached hydrogen (secondary N) is 3. The van der Waals surface area contributed by atoms with Crippen molar-refractivity contribution in [1.29, 1.82) is 0 Å². The van der Waals surface area contributed by atoms with Crippen molar-refractivity contribution >= 4 is 58.7 Å². The van der Waals surface area contributed by atoms with E-state index in [2.05, 4.69) is 21.0 Å². The van der Waals surface area contributed by atoms with Crippen LogP contribution in [0.3, 0.4) is 0 Å². The topological polar surface area (TPSA) is 168 Å². The lowest BCUT2D eigenvalue weighted by Crippen LogP contribution is -2.71. The quantitative estimate of drug-likeness (QED) is 0.160. The largest absolute Gasteiger partial charge is 0.594 e. The van der Waals surface area contributed by atoms with E-state index >= 15 is 0 Å². The van der Waals surface area contributed by atoms with Gasteiger partial charge in [0, 0.05) is 34.6 Å². The molecule has 15 heteroatoms. The smallest absolute Gasteiger partial charge is 0.352 e. The normalized spacial score (nSPS) is 19.9. The minimum atomic E-state index is -1.25. The molecule has 0 radical (unpaired) electrons. The Kier molecular flexibility index (Phi) is 7.47. The van der Waals surface area contributed by atoms with Gasteiger partial charge in [0.1, 0.15) is 23.2 Å². The first-order chi connectivity index (χ1) is 16.8. The van der Waals surface area contributed by atoms with Crippen LogP contribution in [-0.4, -0.2) is 68.9 Å². The van der Waals surface area contributed by atoms with Crippen molar-refractivity contribution in [2.75, 3.05) is 18.6 Å². The lowest BCUT2D eigenvalue weighted by Gasteiger charge is -2.49. The molecule has 4 heterocycles. The number of urea groups is 1. The van der Waals surface area contributed by atoms with Crippen molar-refractivity contribution in [1.82, 2.24) is 25.9 Å². The lowest BCUT2D eigenvalue weighted by atomic mass is 10.0. The fraction of sp³-hybridized carbons (Fsp3) is 0.300. The summed E-state index contributed by atoms with van der Waals surface area (Å²) in [6.45, 7) is 0. The summed E-state index contributed by atoms with van der Waals surface area (Å²) in [6, 6.07) is 4.12. The van der Waals surface area contributed by atoms with Crippen LogP contribution in [0, 0.1) is 5.21 Å². The Hall–Kier alpha value is -3.30. The highest BCUT2D eigenvalue weighted by Gasteiger charge is 2.54. The molecule has 2 aromatic rings. The van der Waals surface area contributed by atoms with Gasteiger partial charge in [-0.25, -0.2) is 9.59 Å². The number of thioether (sulfide) groups is 2.